The van der Waals surface area contributed by atoms with Gasteiger partial charge in [-0.05, 0) is 18.4 Å². The summed E-state index contributed by atoms with van der Waals surface area (Å²) >= 11 is 1.60. The number of carbonyl (C=O) groups excluding carboxylic acids is 2. The second-order valence-corrected chi connectivity index (χ2v) is 4.42. The average molecular weight is 334 g/mol. The topological polar surface area (TPSA) is 119 Å². The molecule has 7 nitrogen and oxygen atoms in total. The highest BCUT2D eigenvalue weighted by atomic mass is 32.2. The molecule has 0 aliphatic carbocycles. The van der Waals surface area contributed by atoms with Crippen LogP contribution in [-0.2, 0) is 19.1 Å². The standard InChI is InChI=1S/C8H16N2O3S.C2HF3O2/c1-13-8(12)6(3-4-14-2)10-7(11)5-9;3-2(4,5)1(6)7/h6H,3-5,9H2,1-2H3,(H,10,11);(H,6,7)/t6-;/m0./s1. The molecular weight excluding hydrogens is 317 g/mol. The Morgan fingerprint density at radius 1 is 1.38 bits per heavy atom. The molecule has 0 aromatic rings. The Labute approximate surface area is 123 Å². The molecule has 0 aliphatic rings. The van der Waals surface area contributed by atoms with Gasteiger partial charge < -0.3 is 20.9 Å². The number of nitrogens with two attached hydrogens (primary N) is 1. The van der Waals surface area contributed by atoms with E-state index in [9.17, 15) is 22.8 Å². The fraction of sp³-hybridized carbons (Fsp3) is 0.700. The van der Waals surface area contributed by atoms with E-state index in [4.69, 9.17) is 15.6 Å². The van der Waals surface area contributed by atoms with Gasteiger partial charge in [0.1, 0.15) is 6.04 Å². The number of hydrogen-bond acceptors (Lipinski definition) is 6. The minimum atomic E-state index is -5.08. The molecule has 0 rings (SSSR count). The summed E-state index contributed by atoms with van der Waals surface area (Å²) in [6.45, 7) is -0.118. The average Bonchev–Trinajstić information content (AvgIpc) is 2.41. The van der Waals surface area contributed by atoms with Gasteiger partial charge >= 0.3 is 18.1 Å². The second kappa shape index (κ2) is 11.2. The Hall–Kier alpha value is -1.49. The molecule has 0 aromatic carbocycles. The van der Waals surface area contributed by atoms with Crippen molar-refractivity contribution in [2.75, 3.05) is 25.7 Å². The Morgan fingerprint density at radius 2 is 1.86 bits per heavy atom. The van der Waals surface area contributed by atoms with Crippen molar-refractivity contribution in [1.29, 1.82) is 0 Å². The molecule has 0 bridgehead atoms. The highest BCUT2D eigenvalue weighted by Crippen LogP contribution is 2.13. The molecule has 1 atom stereocenters. The van der Waals surface area contributed by atoms with Crippen LogP contribution < -0.4 is 11.1 Å². The highest BCUT2D eigenvalue weighted by Gasteiger charge is 2.38. The number of carboxylic acid groups (broad SMARTS) is 1. The van der Waals surface area contributed by atoms with E-state index in [-0.39, 0.29) is 12.5 Å². The van der Waals surface area contributed by atoms with Gasteiger partial charge in [0.2, 0.25) is 5.91 Å². The van der Waals surface area contributed by atoms with Gasteiger partial charge in [0, 0.05) is 0 Å². The number of ether oxygens (including phenoxy) is 1. The predicted molar refractivity (Wildman–Crippen MR) is 69.7 cm³/mol. The summed E-state index contributed by atoms with van der Waals surface area (Å²) in [6, 6.07) is -0.580. The lowest BCUT2D eigenvalue weighted by Crippen LogP contribution is -2.44. The third-order valence-electron chi connectivity index (χ3n) is 1.86. The van der Waals surface area contributed by atoms with Gasteiger partial charge in [0.15, 0.2) is 0 Å². The van der Waals surface area contributed by atoms with Crippen LogP contribution in [0.15, 0.2) is 0 Å². The molecule has 0 saturated heterocycles. The SMILES string of the molecule is COC(=O)[C@H](CCSC)NC(=O)CN.O=C(O)C(F)(F)F. The lowest BCUT2D eigenvalue weighted by Gasteiger charge is -2.15. The molecule has 0 aliphatic heterocycles. The van der Waals surface area contributed by atoms with E-state index >= 15 is 0 Å². The van der Waals surface area contributed by atoms with Crippen LogP contribution in [-0.4, -0.2) is 60.8 Å². The van der Waals surface area contributed by atoms with E-state index in [1.807, 2.05) is 6.26 Å². The normalized spacial score (nSPS) is 11.7. The zero-order chi connectivity index (χ0) is 17.1. The summed E-state index contributed by atoms with van der Waals surface area (Å²) in [5.74, 6) is -2.75. The summed E-state index contributed by atoms with van der Waals surface area (Å²) in [7, 11) is 1.29. The molecule has 21 heavy (non-hydrogen) atoms. The van der Waals surface area contributed by atoms with E-state index in [0.29, 0.717) is 6.42 Å². The van der Waals surface area contributed by atoms with Gasteiger partial charge in [-0.1, -0.05) is 0 Å². The fourth-order valence-electron chi connectivity index (χ4n) is 0.880. The molecule has 4 N–H and O–H groups in total. The van der Waals surface area contributed by atoms with Crippen LogP contribution in [0.25, 0.3) is 0 Å². The number of methoxy groups -OCH3 is 1. The quantitative estimate of drug-likeness (QED) is 0.585. The maximum atomic E-state index is 11.2. The molecular formula is C10H17F3N2O5S. The van der Waals surface area contributed by atoms with E-state index in [0.717, 1.165) is 5.75 Å². The van der Waals surface area contributed by atoms with Crippen LogP contribution in [0.2, 0.25) is 0 Å². The van der Waals surface area contributed by atoms with Crippen molar-refractivity contribution in [1.82, 2.24) is 5.32 Å². The first-order chi connectivity index (χ1) is 9.59. The van der Waals surface area contributed by atoms with Gasteiger partial charge in [-0.3, -0.25) is 4.79 Å². The zero-order valence-corrected chi connectivity index (χ0v) is 12.2. The first-order valence-electron chi connectivity index (χ1n) is 5.46. The second-order valence-electron chi connectivity index (χ2n) is 3.43. The molecule has 11 heteroatoms. The van der Waals surface area contributed by atoms with Crippen LogP contribution >= 0.6 is 11.8 Å². The molecule has 0 saturated carbocycles. The van der Waals surface area contributed by atoms with E-state index < -0.39 is 24.2 Å². The number of alkyl halides is 3. The number of halogens is 3. The van der Waals surface area contributed by atoms with Gasteiger partial charge in [-0.2, -0.15) is 24.9 Å². The van der Waals surface area contributed by atoms with Crippen molar-refractivity contribution < 1.29 is 37.4 Å². The number of amides is 1. The van der Waals surface area contributed by atoms with Crippen LogP contribution in [0, 0.1) is 0 Å². The summed E-state index contributed by atoms with van der Waals surface area (Å²) in [4.78, 5) is 31.0. The summed E-state index contributed by atoms with van der Waals surface area (Å²) in [6.07, 6.45) is -2.60. The first-order valence-corrected chi connectivity index (χ1v) is 6.85. The van der Waals surface area contributed by atoms with Crippen molar-refractivity contribution in [2.45, 2.75) is 18.6 Å². The van der Waals surface area contributed by atoms with Crippen molar-refractivity contribution in [2.24, 2.45) is 5.73 Å². The summed E-state index contributed by atoms with van der Waals surface area (Å²) in [5.41, 5.74) is 5.12. The Balaban J connectivity index is 0. The Kier molecular flexibility index (Phi) is 11.6. The minimum Gasteiger partial charge on any atom is -0.475 e. The number of rotatable bonds is 6. The van der Waals surface area contributed by atoms with Crippen molar-refractivity contribution in [3.05, 3.63) is 0 Å². The van der Waals surface area contributed by atoms with Crippen LogP contribution in [0.3, 0.4) is 0 Å². The Morgan fingerprint density at radius 3 is 2.14 bits per heavy atom. The van der Waals surface area contributed by atoms with Crippen LogP contribution in [0.4, 0.5) is 13.2 Å². The lowest BCUT2D eigenvalue weighted by atomic mass is 10.2. The monoisotopic (exact) mass is 334 g/mol. The largest absolute Gasteiger partial charge is 0.490 e. The van der Waals surface area contributed by atoms with E-state index in [1.165, 1.54) is 7.11 Å². The molecule has 0 fully saturated rings. The van der Waals surface area contributed by atoms with Gasteiger partial charge in [-0.15, -0.1) is 0 Å². The zero-order valence-electron chi connectivity index (χ0n) is 11.4. The maximum absolute atomic E-state index is 11.2. The summed E-state index contributed by atoms with van der Waals surface area (Å²) < 4.78 is 36.3. The number of thioether (sulfide) groups is 1. The maximum Gasteiger partial charge on any atom is 0.490 e. The number of hydrogen-bond donors (Lipinski definition) is 3. The summed E-state index contributed by atoms with van der Waals surface area (Å²) in [5, 5.41) is 9.63. The highest BCUT2D eigenvalue weighted by molar-refractivity contribution is 7.98. The van der Waals surface area contributed by atoms with E-state index in [1.54, 1.807) is 11.8 Å². The minimum absolute atomic E-state index is 0.118. The van der Waals surface area contributed by atoms with Crippen LogP contribution in [0.1, 0.15) is 6.42 Å². The number of nitrogens with one attached hydrogen (secondary N) is 1. The molecule has 0 heterocycles. The Bertz CT molecular complexity index is 352. The number of carboxylic acids is 1. The molecule has 124 valence electrons. The first kappa shape index (κ1) is 21.8. The smallest absolute Gasteiger partial charge is 0.475 e. The predicted octanol–water partition coefficient (Wildman–Crippen LogP) is -0.0107. The third kappa shape index (κ3) is 12.0. The van der Waals surface area contributed by atoms with E-state index in [2.05, 4.69) is 10.1 Å². The fourth-order valence-corrected chi connectivity index (χ4v) is 1.35. The molecule has 0 radical (unpaired) electrons. The molecule has 0 spiro atoms. The van der Waals surface area contributed by atoms with Gasteiger partial charge in [0.25, 0.3) is 0 Å². The number of esters is 1. The van der Waals surface area contributed by atoms with Crippen molar-refractivity contribution in [3.63, 3.8) is 0 Å². The number of carbonyl (C=O) groups is 3. The third-order valence-corrected chi connectivity index (χ3v) is 2.50. The molecule has 1 amide bonds. The van der Waals surface area contributed by atoms with Gasteiger partial charge in [0.05, 0.1) is 13.7 Å². The number of aliphatic carboxylic acids is 1. The molecule has 0 aromatic heterocycles. The van der Waals surface area contributed by atoms with Crippen molar-refractivity contribution in [3.8, 4) is 0 Å². The van der Waals surface area contributed by atoms with Crippen molar-refractivity contribution >= 4 is 29.6 Å². The molecule has 0 unspecified atom stereocenters. The lowest BCUT2D eigenvalue weighted by molar-refractivity contribution is -0.192. The van der Waals surface area contributed by atoms with Crippen LogP contribution in [0.5, 0.6) is 0 Å². The van der Waals surface area contributed by atoms with Gasteiger partial charge in [-0.25, -0.2) is 9.59 Å².